The molecule has 8 nitrogen and oxygen atoms in total. The molecule has 1 heterocycles. The lowest BCUT2D eigenvalue weighted by Crippen LogP contribution is -2.46. The van der Waals surface area contributed by atoms with E-state index in [-0.39, 0.29) is 44.8 Å². The Kier molecular flexibility index (Phi) is 10.2. The van der Waals surface area contributed by atoms with E-state index in [2.05, 4.69) is 20.9 Å². The predicted molar refractivity (Wildman–Crippen MR) is 144 cm³/mol. The monoisotopic (exact) mass is 638 g/mol. The van der Waals surface area contributed by atoms with E-state index in [0.29, 0.717) is 4.34 Å². The molecule has 0 aliphatic rings. The highest BCUT2D eigenvalue weighted by molar-refractivity contribution is 7.19. The Morgan fingerprint density at radius 1 is 1.00 bits per heavy atom. The van der Waals surface area contributed by atoms with Gasteiger partial charge < -0.3 is 15.4 Å². The summed E-state index contributed by atoms with van der Waals surface area (Å²) in [4.78, 5) is 41.9. The van der Waals surface area contributed by atoms with Gasteiger partial charge in [0.2, 0.25) is 5.91 Å². The van der Waals surface area contributed by atoms with Crippen LogP contribution in [0.2, 0.25) is 9.36 Å². The van der Waals surface area contributed by atoms with E-state index in [1.807, 2.05) is 0 Å². The summed E-state index contributed by atoms with van der Waals surface area (Å²) in [5.41, 5.74) is -2.59. The largest absolute Gasteiger partial charge is 0.487 e. The summed E-state index contributed by atoms with van der Waals surface area (Å²) in [5.74, 6) is -3.00. The zero-order valence-corrected chi connectivity index (χ0v) is 23.5. The number of rotatable bonds is 10. The van der Waals surface area contributed by atoms with Crippen LogP contribution >= 0.6 is 34.5 Å². The Bertz CT molecular complexity index is 1450. The quantitative estimate of drug-likeness (QED) is 0.212. The van der Waals surface area contributed by atoms with Crippen molar-refractivity contribution in [2.75, 3.05) is 17.2 Å². The fourth-order valence-electron chi connectivity index (χ4n) is 3.13. The van der Waals surface area contributed by atoms with Crippen molar-refractivity contribution < 1.29 is 41.1 Å². The van der Waals surface area contributed by atoms with Gasteiger partial charge in [0.15, 0.2) is 5.13 Å². The third kappa shape index (κ3) is 8.27. The van der Waals surface area contributed by atoms with Crippen LogP contribution in [-0.2, 0) is 11.3 Å². The van der Waals surface area contributed by atoms with Crippen molar-refractivity contribution in [1.29, 1.82) is 0 Å². The number of carbonyl (C=O) groups is 3. The molecule has 0 bridgehead atoms. The number of thiazole rings is 1. The van der Waals surface area contributed by atoms with Crippen molar-refractivity contribution in [1.82, 2.24) is 10.3 Å². The van der Waals surface area contributed by atoms with Gasteiger partial charge in [-0.2, -0.15) is 13.2 Å². The number of benzene rings is 2. The molecule has 0 aliphatic heterocycles. The number of halogens is 7. The number of ether oxygens (including phenoxy) is 1. The van der Waals surface area contributed by atoms with Crippen LogP contribution in [0.15, 0.2) is 42.6 Å². The minimum atomic E-state index is -4.77. The molecule has 3 rings (SSSR count). The first kappa shape index (κ1) is 32.0. The average Bonchev–Trinajstić information content (AvgIpc) is 3.30. The summed E-state index contributed by atoms with van der Waals surface area (Å²) < 4.78 is 70.2. The van der Waals surface area contributed by atoms with Gasteiger partial charge in [-0.1, -0.05) is 40.6 Å². The van der Waals surface area contributed by atoms with Crippen molar-refractivity contribution >= 4 is 63.1 Å². The first-order valence-electron chi connectivity index (χ1n) is 11.5. The fourth-order valence-corrected chi connectivity index (χ4v) is 4.14. The summed E-state index contributed by atoms with van der Waals surface area (Å²) in [6.45, 7) is 0.173. The van der Waals surface area contributed by atoms with Gasteiger partial charge in [-0.05, 0) is 49.7 Å². The van der Waals surface area contributed by atoms with Gasteiger partial charge in [0, 0.05) is 12.2 Å². The maximum Gasteiger partial charge on any atom is 0.402 e. The topological polar surface area (TPSA) is 109 Å². The molecular weight excluding hydrogens is 618 g/mol. The van der Waals surface area contributed by atoms with E-state index < -0.39 is 42.3 Å². The number of amides is 3. The van der Waals surface area contributed by atoms with Gasteiger partial charge in [-0.3, -0.25) is 19.7 Å². The maximum atomic E-state index is 13.1. The van der Waals surface area contributed by atoms with Gasteiger partial charge in [0.25, 0.3) is 18.2 Å². The normalized spacial score (nSPS) is 11.8. The third-order valence-electron chi connectivity index (χ3n) is 5.55. The standard InChI is InChI=1S/C25H21Cl2F5N4O4S/c1-24(2,25(30,31)32)22(39)33-9-12-3-5-16(26)14(7-12)20(37)35-13-4-6-17(40-11-19(28)29)15(8-13)21(38)36-23-34-10-18(27)41-23/h3-8,10,19H,9,11H2,1-2H3,(H,33,39)(H,35,37)(H,34,36,38). The summed E-state index contributed by atoms with van der Waals surface area (Å²) >= 11 is 12.9. The van der Waals surface area contributed by atoms with Crippen LogP contribution in [0.1, 0.15) is 40.1 Å². The molecule has 0 saturated heterocycles. The lowest BCUT2D eigenvalue weighted by Gasteiger charge is -2.26. The molecule has 1 aromatic heterocycles. The Labute approximate surface area is 244 Å². The van der Waals surface area contributed by atoms with Crippen molar-refractivity contribution in [2.45, 2.75) is 33.0 Å². The van der Waals surface area contributed by atoms with Crippen molar-refractivity contribution in [3.63, 3.8) is 0 Å². The summed E-state index contributed by atoms with van der Waals surface area (Å²) in [5, 5.41) is 7.28. The molecule has 0 spiro atoms. The highest BCUT2D eigenvalue weighted by Gasteiger charge is 2.52. The van der Waals surface area contributed by atoms with Gasteiger partial charge in [0.05, 0.1) is 22.3 Å². The van der Waals surface area contributed by atoms with E-state index >= 15 is 0 Å². The smallest absolute Gasteiger partial charge is 0.402 e. The zero-order valence-electron chi connectivity index (χ0n) is 21.2. The van der Waals surface area contributed by atoms with Crippen LogP contribution in [-0.4, -0.2) is 41.9 Å². The molecule has 2 aromatic carbocycles. The van der Waals surface area contributed by atoms with E-state index in [1.165, 1.54) is 42.6 Å². The van der Waals surface area contributed by atoms with Crippen LogP contribution in [0.25, 0.3) is 0 Å². The highest BCUT2D eigenvalue weighted by atomic mass is 35.5. The maximum absolute atomic E-state index is 13.1. The van der Waals surface area contributed by atoms with Gasteiger partial charge in [-0.15, -0.1) is 0 Å². The Balaban J connectivity index is 1.80. The number of nitrogens with one attached hydrogen (secondary N) is 3. The molecule has 220 valence electrons. The van der Waals surface area contributed by atoms with Crippen molar-refractivity contribution in [2.24, 2.45) is 5.41 Å². The number of hydrogen-bond acceptors (Lipinski definition) is 6. The van der Waals surface area contributed by atoms with E-state index in [4.69, 9.17) is 27.9 Å². The average molecular weight is 639 g/mol. The molecule has 0 aliphatic carbocycles. The first-order chi connectivity index (χ1) is 19.1. The molecule has 0 atom stereocenters. The molecule has 3 N–H and O–H groups in total. The fraction of sp³-hybridized carbons (Fsp3) is 0.280. The van der Waals surface area contributed by atoms with E-state index in [1.54, 1.807) is 0 Å². The van der Waals surface area contributed by atoms with Gasteiger partial charge in [0.1, 0.15) is 22.1 Å². The number of hydrogen-bond donors (Lipinski definition) is 3. The minimum Gasteiger partial charge on any atom is -0.487 e. The lowest BCUT2D eigenvalue weighted by molar-refractivity contribution is -0.211. The molecule has 3 amide bonds. The minimum absolute atomic E-state index is 0.0105. The summed E-state index contributed by atoms with van der Waals surface area (Å²) in [6, 6.07) is 7.71. The van der Waals surface area contributed by atoms with Crippen LogP contribution < -0.4 is 20.7 Å². The molecule has 3 aromatic rings. The second-order valence-electron chi connectivity index (χ2n) is 8.91. The van der Waals surface area contributed by atoms with Gasteiger partial charge >= 0.3 is 6.18 Å². The van der Waals surface area contributed by atoms with Crippen LogP contribution in [0.3, 0.4) is 0 Å². The first-order valence-corrected chi connectivity index (χ1v) is 13.1. The Morgan fingerprint density at radius 3 is 2.29 bits per heavy atom. The number of nitrogens with zero attached hydrogens (tertiary/aromatic N) is 1. The van der Waals surface area contributed by atoms with E-state index in [9.17, 15) is 36.3 Å². The van der Waals surface area contributed by atoms with Crippen LogP contribution in [0.5, 0.6) is 5.75 Å². The molecule has 0 fully saturated rings. The van der Waals surface area contributed by atoms with Crippen molar-refractivity contribution in [3.8, 4) is 5.75 Å². The highest BCUT2D eigenvalue weighted by Crippen LogP contribution is 2.37. The predicted octanol–water partition coefficient (Wildman–Crippen LogP) is 6.80. The number of carbonyl (C=O) groups excluding carboxylic acids is 3. The molecule has 0 saturated carbocycles. The summed E-state index contributed by atoms with van der Waals surface area (Å²) in [6.07, 6.45) is -6.29. The second kappa shape index (κ2) is 13.0. The van der Waals surface area contributed by atoms with E-state index in [0.717, 1.165) is 25.2 Å². The van der Waals surface area contributed by atoms with Crippen LogP contribution in [0.4, 0.5) is 32.8 Å². The second-order valence-corrected chi connectivity index (χ2v) is 11.0. The summed E-state index contributed by atoms with van der Waals surface area (Å²) in [7, 11) is 0. The SMILES string of the molecule is CC(C)(C(=O)NCc1ccc(Cl)c(C(=O)Nc2ccc(OCC(F)F)c(C(=O)Nc3ncc(Cl)s3)c2)c1)C(F)(F)F. The number of aromatic nitrogens is 1. The van der Waals surface area contributed by atoms with Crippen LogP contribution in [0, 0.1) is 5.41 Å². The molecule has 0 unspecified atom stereocenters. The molecule has 0 radical (unpaired) electrons. The number of anilines is 2. The molecule has 41 heavy (non-hydrogen) atoms. The Morgan fingerprint density at radius 2 is 1.68 bits per heavy atom. The number of alkyl halides is 5. The van der Waals surface area contributed by atoms with Gasteiger partial charge in [-0.25, -0.2) is 13.8 Å². The Hall–Kier alpha value is -3.49. The molecular formula is C25H21Cl2F5N4O4S. The molecule has 16 heteroatoms. The van der Waals surface area contributed by atoms with Crippen molar-refractivity contribution in [3.05, 3.63) is 68.6 Å². The zero-order chi connectivity index (χ0) is 30.5. The third-order valence-corrected chi connectivity index (χ3v) is 6.91. The lowest BCUT2D eigenvalue weighted by atomic mass is 9.91.